The molecule has 0 bridgehead atoms. The third-order valence-electron chi connectivity index (χ3n) is 4.98. The molecule has 158 valence electrons. The SMILES string of the molecule is COc1ccc(C2C(C(=O)Nc3ccc(C)cc3)=C(C)Nc3nnnn32)cc1[N+](=O)[O-]. The molecule has 1 unspecified atom stereocenters. The molecule has 0 saturated carbocycles. The molecule has 0 aliphatic carbocycles. The minimum atomic E-state index is -0.777. The largest absolute Gasteiger partial charge is 0.490 e. The van der Waals surface area contributed by atoms with Crippen LogP contribution in [-0.4, -0.2) is 38.1 Å². The van der Waals surface area contributed by atoms with E-state index in [2.05, 4.69) is 26.2 Å². The maximum absolute atomic E-state index is 13.3. The molecule has 31 heavy (non-hydrogen) atoms. The van der Waals surface area contributed by atoms with Gasteiger partial charge in [-0.15, -0.1) is 0 Å². The minimum Gasteiger partial charge on any atom is -0.490 e. The molecule has 0 fully saturated rings. The maximum Gasteiger partial charge on any atom is 0.311 e. The summed E-state index contributed by atoms with van der Waals surface area (Å²) in [6.45, 7) is 3.68. The molecular weight excluding hydrogens is 402 g/mol. The Balaban J connectivity index is 1.80. The van der Waals surface area contributed by atoms with E-state index in [0.717, 1.165) is 5.56 Å². The molecule has 11 nitrogen and oxygen atoms in total. The highest BCUT2D eigenvalue weighted by Gasteiger charge is 2.35. The van der Waals surface area contributed by atoms with Crippen LogP contribution in [0.25, 0.3) is 0 Å². The van der Waals surface area contributed by atoms with Crippen molar-refractivity contribution in [3.63, 3.8) is 0 Å². The first-order valence-corrected chi connectivity index (χ1v) is 9.35. The summed E-state index contributed by atoms with van der Waals surface area (Å²) in [5.41, 5.74) is 2.81. The van der Waals surface area contributed by atoms with Crippen molar-refractivity contribution in [2.45, 2.75) is 19.9 Å². The lowest BCUT2D eigenvalue weighted by Crippen LogP contribution is -2.31. The second-order valence-corrected chi connectivity index (χ2v) is 7.02. The number of carbonyl (C=O) groups excluding carboxylic acids is 1. The van der Waals surface area contributed by atoms with Gasteiger partial charge in [-0.05, 0) is 48.0 Å². The molecule has 1 amide bonds. The number of anilines is 2. The fraction of sp³-hybridized carbons (Fsp3) is 0.200. The summed E-state index contributed by atoms with van der Waals surface area (Å²) < 4.78 is 6.51. The van der Waals surface area contributed by atoms with Crippen molar-refractivity contribution >= 4 is 23.2 Å². The molecule has 1 aliphatic heterocycles. The summed E-state index contributed by atoms with van der Waals surface area (Å²) >= 11 is 0. The number of benzene rings is 2. The van der Waals surface area contributed by atoms with Crippen molar-refractivity contribution in [2.24, 2.45) is 0 Å². The number of ether oxygens (including phenoxy) is 1. The van der Waals surface area contributed by atoms with Crippen molar-refractivity contribution in [2.75, 3.05) is 17.7 Å². The van der Waals surface area contributed by atoms with Gasteiger partial charge in [-0.25, -0.2) is 0 Å². The number of hydrogen-bond acceptors (Lipinski definition) is 8. The molecule has 1 aromatic heterocycles. The molecule has 1 atom stereocenters. The summed E-state index contributed by atoms with van der Waals surface area (Å²) in [6, 6.07) is 11.1. The van der Waals surface area contributed by atoms with Gasteiger partial charge in [-0.2, -0.15) is 4.68 Å². The van der Waals surface area contributed by atoms with Crippen molar-refractivity contribution in [1.82, 2.24) is 20.2 Å². The molecule has 1 aliphatic rings. The zero-order valence-corrected chi connectivity index (χ0v) is 17.0. The monoisotopic (exact) mass is 421 g/mol. The van der Waals surface area contributed by atoms with Crippen molar-refractivity contribution in [3.8, 4) is 5.75 Å². The predicted octanol–water partition coefficient (Wildman–Crippen LogP) is 2.83. The van der Waals surface area contributed by atoms with E-state index in [1.54, 1.807) is 25.1 Å². The minimum absolute atomic E-state index is 0.117. The van der Waals surface area contributed by atoms with Crippen LogP contribution >= 0.6 is 0 Å². The molecule has 2 heterocycles. The van der Waals surface area contributed by atoms with Crippen LogP contribution in [0.2, 0.25) is 0 Å². The van der Waals surface area contributed by atoms with E-state index < -0.39 is 11.0 Å². The Kier molecular flexibility index (Phi) is 5.07. The van der Waals surface area contributed by atoms with Crippen LogP contribution in [-0.2, 0) is 4.79 Å². The fourth-order valence-electron chi connectivity index (χ4n) is 3.47. The Morgan fingerprint density at radius 3 is 2.65 bits per heavy atom. The van der Waals surface area contributed by atoms with Gasteiger partial charge < -0.3 is 15.4 Å². The number of carbonyl (C=O) groups is 1. The summed E-state index contributed by atoms with van der Waals surface area (Å²) in [6.07, 6.45) is 0. The zero-order chi connectivity index (χ0) is 22.1. The smallest absolute Gasteiger partial charge is 0.311 e. The van der Waals surface area contributed by atoms with E-state index in [1.807, 2.05) is 19.1 Å². The Morgan fingerprint density at radius 1 is 1.23 bits per heavy atom. The average molecular weight is 421 g/mol. The molecule has 2 N–H and O–H groups in total. The number of methoxy groups -OCH3 is 1. The number of nitrogens with zero attached hydrogens (tertiary/aromatic N) is 5. The van der Waals surface area contributed by atoms with E-state index in [-0.39, 0.29) is 17.3 Å². The van der Waals surface area contributed by atoms with Gasteiger partial charge in [0.1, 0.15) is 6.04 Å². The van der Waals surface area contributed by atoms with Crippen molar-refractivity contribution in [3.05, 3.63) is 75.0 Å². The van der Waals surface area contributed by atoms with Crippen molar-refractivity contribution < 1.29 is 14.5 Å². The number of amides is 1. The zero-order valence-electron chi connectivity index (χ0n) is 17.0. The first-order chi connectivity index (χ1) is 14.9. The lowest BCUT2D eigenvalue weighted by molar-refractivity contribution is -0.385. The number of aryl methyl sites for hydroxylation is 1. The van der Waals surface area contributed by atoms with Gasteiger partial charge in [-0.1, -0.05) is 28.9 Å². The van der Waals surface area contributed by atoms with Crippen LogP contribution in [0.1, 0.15) is 24.1 Å². The molecule has 0 radical (unpaired) electrons. The van der Waals surface area contributed by atoms with E-state index in [0.29, 0.717) is 28.5 Å². The van der Waals surface area contributed by atoms with Gasteiger partial charge in [0, 0.05) is 17.5 Å². The Bertz CT molecular complexity index is 1200. The molecule has 3 aromatic rings. The molecule has 2 aromatic carbocycles. The third kappa shape index (κ3) is 3.68. The van der Waals surface area contributed by atoms with Crippen LogP contribution in [0.15, 0.2) is 53.7 Å². The summed E-state index contributed by atoms with van der Waals surface area (Å²) in [5.74, 6) is 0.0670. The highest BCUT2D eigenvalue weighted by Crippen LogP contribution is 2.38. The maximum atomic E-state index is 13.3. The van der Waals surface area contributed by atoms with E-state index in [9.17, 15) is 14.9 Å². The van der Waals surface area contributed by atoms with E-state index in [1.165, 1.54) is 23.9 Å². The standard InChI is InChI=1S/C20H19N7O4/c1-11-4-7-14(8-5-11)22-19(28)17-12(2)21-20-23-24-25-26(20)18(17)13-6-9-16(31-3)15(10-13)27(29)30/h4-10,18H,1-3H3,(H,22,28)(H,21,23,25). The first kappa shape index (κ1) is 20.0. The quantitative estimate of drug-likeness (QED) is 0.474. The number of rotatable bonds is 5. The van der Waals surface area contributed by atoms with Gasteiger partial charge in [0.15, 0.2) is 5.75 Å². The highest BCUT2D eigenvalue weighted by atomic mass is 16.6. The van der Waals surface area contributed by atoms with Crippen LogP contribution in [0.5, 0.6) is 5.75 Å². The van der Waals surface area contributed by atoms with Gasteiger partial charge in [0.25, 0.3) is 5.91 Å². The van der Waals surface area contributed by atoms with E-state index >= 15 is 0 Å². The van der Waals surface area contributed by atoms with Gasteiger partial charge in [0.2, 0.25) is 5.95 Å². The van der Waals surface area contributed by atoms with E-state index in [4.69, 9.17) is 4.74 Å². The van der Waals surface area contributed by atoms with Gasteiger partial charge in [-0.3, -0.25) is 14.9 Å². The number of nitrogens with one attached hydrogen (secondary N) is 2. The average Bonchev–Trinajstić information content (AvgIpc) is 3.21. The molecule has 11 heteroatoms. The Hall–Kier alpha value is -4.28. The summed E-state index contributed by atoms with van der Waals surface area (Å²) in [5, 5.41) is 29.0. The Morgan fingerprint density at radius 2 is 1.97 bits per heavy atom. The number of tetrazole rings is 1. The van der Waals surface area contributed by atoms with Gasteiger partial charge in [0.05, 0.1) is 17.6 Å². The summed E-state index contributed by atoms with van der Waals surface area (Å²) in [7, 11) is 1.36. The number of aromatic nitrogens is 4. The number of allylic oxidation sites excluding steroid dienone is 1. The van der Waals surface area contributed by atoms with Crippen LogP contribution in [0.3, 0.4) is 0 Å². The number of nitro benzene ring substituents is 1. The molecular formula is C20H19N7O4. The predicted molar refractivity (Wildman–Crippen MR) is 112 cm³/mol. The first-order valence-electron chi connectivity index (χ1n) is 9.35. The molecule has 0 spiro atoms. The molecule has 4 rings (SSSR count). The van der Waals surface area contributed by atoms with Crippen LogP contribution < -0.4 is 15.4 Å². The second-order valence-electron chi connectivity index (χ2n) is 7.02. The second kappa shape index (κ2) is 7.86. The lowest BCUT2D eigenvalue weighted by atomic mass is 9.94. The third-order valence-corrected chi connectivity index (χ3v) is 4.98. The highest BCUT2D eigenvalue weighted by molar-refractivity contribution is 6.06. The normalized spacial score (nSPS) is 15.1. The fourth-order valence-corrected chi connectivity index (χ4v) is 3.47. The number of nitro groups is 1. The van der Waals surface area contributed by atoms with Crippen LogP contribution in [0.4, 0.5) is 17.3 Å². The van der Waals surface area contributed by atoms with Crippen LogP contribution in [0, 0.1) is 17.0 Å². The Labute approximate surface area is 176 Å². The number of fused-ring (bicyclic) bond motifs is 1. The van der Waals surface area contributed by atoms with Gasteiger partial charge >= 0.3 is 5.69 Å². The lowest BCUT2D eigenvalue weighted by Gasteiger charge is -2.28. The van der Waals surface area contributed by atoms with Crippen molar-refractivity contribution in [1.29, 1.82) is 0 Å². The number of hydrogen-bond donors (Lipinski definition) is 2. The molecule has 0 saturated heterocycles. The summed E-state index contributed by atoms with van der Waals surface area (Å²) in [4.78, 5) is 24.3. The topological polar surface area (TPSA) is 137 Å².